The topological polar surface area (TPSA) is 50.5 Å². The highest BCUT2D eigenvalue weighted by Crippen LogP contribution is 2.38. The van der Waals surface area contributed by atoms with Gasteiger partial charge in [-0.05, 0) is 32.0 Å². The van der Waals surface area contributed by atoms with E-state index in [1.807, 2.05) is 13.8 Å². The van der Waals surface area contributed by atoms with E-state index in [0.29, 0.717) is 29.4 Å². The Balaban J connectivity index is 1.81. The van der Waals surface area contributed by atoms with Crippen LogP contribution in [0.15, 0.2) is 30.5 Å². The number of ether oxygens (including phenoxy) is 1. The Bertz CT molecular complexity index is 1010. The molecule has 2 atom stereocenters. The smallest absolute Gasteiger partial charge is 0.435 e. The van der Waals surface area contributed by atoms with Crippen LogP contribution >= 0.6 is 0 Å². The van der Waals surface area contributed by atoms with Crippen molar-refractivity contribution in [1.82, 2.24) is 14.5 Å². The number of phenolic OH excluding ortho intramolecular Hbond substituents is 1. The van der Waals surface area contributed by atoms with E-state index in [2.05, 4.69) is 9.88 Å². The maximum atomic E-state index is 13.7. The zero-order chi connectivity index (χ0) is 20.1. The Morgan fingerprint density at radius 1 is 1.11 bits per heavy atom. The number of aromatic nitrogens is 2. The van der Waals surface area contributed by atoms with E-state index in [9.17, 15) is 18.3 Å². The lowest BCUT2D eigenvalue weighted by molar-refractivity contribution is -0.140. The number of fused-ring (bicyclic) bond motifs is 3. The molecule has 0 saturated carbocycles. The van der Waals surface area contributed by atoms with Crippen LogP contribution < -0.4 is 0 Å². The Hall–Kier alpha value is -2.32. The van der Waals surface area contributed by atoms with Gasteiger partial charge in [-0.25, -0.2) is 4.98 Å². The predicted octanol–water partition coefficient (Wildman–Crippen LogP) is 4.02. The summed E-state index contributed by atoms with van der Waals surface area (Å²) in [6, 6.07) is 6.26. The summed E-state index contributed by atoms with van der Waals surface area (Å²) in [7, 11) is 0. The molecule has 150 valence electrons. The zero-order valence-corrected chi connectivity index (χ0v) is 15.7. The van der Waals surface area contributed by atoms with Crippen LogP contribution in [-0.4, -0.2) is 51.4 Å². The van der Waals surface area contributed by atoms with Gasteiger partial charge in [0.15, 0.2) is 5.69 Å². The third-order valence-electron chi connectivity index (χ3n) is 5.16. The molecule has 3 heterocycles. The van der Waals surface area contributed by atoms with E-state index in [4.69, 9.17) is 4.74 Å². The summed E-state index contributed by atoms with van der Waals surface area (Å²) in [5, 5.41) is 11.1. The van der Waals surface area contributed by atoms with Gasteiger partial charge in [-0.15, -0.1) is 0 Å². The van der Waals surface area contributed by atoms with Gasteiger partial charge in [0.1, 0.15) is 5.75 Å². The third-order valence-corrected chi connectivity index (χ3v) is 5.16. The summed E-state index contributed by atoms with van der Waals surface area (Å²) in [4.78, 5) is 5.83. The average Bonchev–Trinajstić information content (AvgIpc) is 2.91. The first-order chi connectivity index (χ1) is 13.2. The van der Waals surface area contributed by atoms with Gasteiger partial charge in [-0.3, -0.25) is 4.90 Å². The van der Waals surface area contributed by atoms with Crippen molar-refractivity contribution in [3.05, 3.63) is 36.2 Å². The first kappa shape index (κ1) is 19.0. The molecular formula is C20H22F3N3O2. The van der Waals surface area contributed by atoms with Crippen molar-refractivity contribution in [2.75, 3.05) is 19.6 Å². The maximum Gasteiger partial charge on any atom is 0.435 e. The second-order valence-corrected chi connectivity index (χ2v) is 7.42. The van der Waals surface area contributed by atoms with E-state index < -0.39 is 11.9 Å². The van der Waals surface area contributed by atoms with Crippen molar-refractivity contribution in [2.24, 2.45) is 0 Å². The number of alkyl halides is 3. The molecule has 1 aliphatic rings. The van der Waals surface area contributed by atoms with Crippen LogP contribution in [0.2, 0.25) is 0 Å². The minimum atomic E-state index is -4.56. The van der Waals surface area contributed by atoms with Gasteiger partial charge in [-0.2, -0.15) is 13.2 Å². The Morgan fingerprint density at radius 2 is 1.82 bits per heavy atom. The first-order valence-electron chi connectivity index (χ1n) is 9.29. The number of halogens is 3. The first-order valence-corrected chi connectivity index (χ1v) is 9.29. The summed E-state index contributed by atoms with van der Waals surface area (Å²) in [5.74, 6) is 0.0201. The molecule has 0 bridgehead atoms. The summed E-state index contributed by atoms with van der Waals surface area (Å²) in [6.45, 7) is 6.39. The quantitative estimate of drug-likeness (QED) is 0.730. The summed E-state index contributed by atoms with van der Waals surface area (Å²) < 4.78 is 48.3. The minimum Gasteiger partial charge on any atom is -0.508 e. The summed E-state index contributed by atoms with van der Waals surface area (Å²) in [5.41, 5.74) is -0.266. The van der Waals surface area contributed by atoms with Crippen LogP contribution in [0, 0.1) is 0 Å². The number of aromatic hydroxyl groups is 1. The van der Waals surface area contributed by atoms with Crippen molar-refractivity contribution in [3.8, 4) is 5.75 Å². The standard InChI is InChI=1S/C20H22F3N3O2/c1-12-10-25(11-13(2)28-12)7-8-26-17-9-14(27)3-4-15(17)16-5-6-24-19(18(16)26)20(21,22)23/h3-6,9,12-13,27H,7-8,10-11H2,1-2H3. The monoisotopic (exact) mass is 393 g/mol. The Kier molecular flexibility index (Phi) is 4.71. The van der Waals surface area contributed by atoms with Gasteiger partial charge >= 0.3 is 6.18 Å². The van der Waals surface area contributed by atoms with E-state index in [1.54, 1.807) is 16.7 Å². The highest BCUT2D eigenvalue weighted by molar-refractivity contribution is 6.09. The summed E-state index contributed by atoms with van der Waals surface area (Å²) >= 11 is 0. The molecule has 2 aromatic heterocycles. The lowest BCUT2D eigenvalue weighted by Crippen LogP contribution is -2.46. The molecule has 4 rings (SSSR count). The number of hydrogen-bond acceptors (Lipinski definition) is 4. The van der Waals surface area contributed by atoms with Crippen LogP contribution in [0.1, 0.15) is 19.5 Å². The Labute approximate surface area is 160 Å². The maximum absolute atomic E-state index is 13.7. The molecule has 1 saturated heterocycles. The summed E-state index contributed by atoms with van der Waals surface area (Å²) in [6.07, 6.45) is -3.21. The van der Waals surface area contributed by atoms with Gasteiger partial charge in [-0.1, -0.05) is 0 Å². The zero-order valence-electron chi connectivity index (χ0n) is 15.7. The van der Waals surface area contributed by atoms with E-state index in [-0.39, 0.29) is 23.5 Å². The lowest BCUT2D eigenvalue weighted by Gasteiger charge is -2.35. The van der Waals surface area contributed by atoms with Crippen molar-refractivity contribution in [3.63, 3.8) is 0 Å². The van der Waals surface area contributed by atoms with E-state index in [1.165, 1.54) is 18.3 Å². The lowest BCUT2D eigenvalue weighted by atomic mass is 10.1. The van der Waals surface area contributed by atoms with Gasteiger partial charge in [0, 0.05) is 49.2 Å². The number of hydrogen-bond donors (Lipinski definition) is 1. The molecule has 1 N–H and O–H groups in total. The normalized spacial score (nSPS) is 21.6. The highest BCUT2D eigenvalue weighted by Gasteiger charge is 2.36. The van der Waals surface area contributed by atoms with Crippen LogP contribution in [0.4, 0.5) is 13.2 Å². The fourth-order valence-electron chi connectivity index (χ4n) is 4.18. The van der Waals surface area contributed by atoms with E-state index in [0.717, 1.165) is 13.1 Å². The molecule has 0 aliphatic carbocycles. The number of benzene rings is 1. The number of phenols is 1. The number of pyridine rings is 1. The van der Waals surface area contributed by atoms with Crippen LogP contribution in [0.5, 0.6) is 5.75 Å². The highest BCUT2D eigenvalue weighted by atomic mass is 19.4. The van der Waals surface area contributed by atoms with Crippen molar-refractivity contribution in [1.29, 1.82) is 0 Å². The number of rotatable bonds is 3. The molecule has 2 unspecified atom stereocenters. The molecule has 3 aromatic rings. The number of nitrogens with zero attached hydrogens (tertiary/aromatic N) is 3. The third kappa shape index (κ3) is 3.42. The molecule has 0 amide bonds. The molecule has 5 nitrogen and oxygen atoms in total. The molecule has 28 heavy (non-hydrogen) atoms. The predicted molar refractivity (Wildman–Crippen MR) is 100 cm³/mol. The van der Waals surface area contributed by atoms with Crippen LogP contribution in [0.3, 0.4) is 0 Å². The molecule has 1 fully saturated rings. The molecular weight excluding hydrogens is 371 g/mol. The van der Waals surface area contributed by atoms with Gasteiger partial charge in [0.25, 0.3) is 0 Å². The van der Waals surface area contributed by atoms with Crippen molar-refractivity contribution >= 4 is 21.8 Å². The van der Waals surface area contributed by atoms with E-state index >= 15 is 0 Å². The second-order valence-electron chi connectivity index (χ2n) is 7.42. The van der Waals surface area contributed by atoms with Crippen LogP contribution in [-0.2, 0) is 17.5 Å². The Morgan fingerprint density at radius 3 is 2.50 bits per heavy atom. The molecule has 0 radical (unpaired) electrons. The van der Waals surface area contributed by atoms with Gasteiger partial charge in [0.2, 0.25) is 0 Å². The van der Waals surface area contributed by atoms with Crippen molar-refractivity contribution in [2.45, 2.75) is 38.8 Å². The number of morpholine rings is 1. The second kappa shape index (κ2) is 6.93. The molecule has 1 aromatic carbocycles. The van der Waals surface area contributed by atoms with Crippen LogP contribution in [0.25, 0.3) is 21.8 Å². The van der Waals surface area contributed by atoms with Gasteiger partial charge < -0.3 is 14.4 Å². The molecule has 1 aliphatic heterocycles. The SMILES string of the molecule is CC1CN(CCn2c3cc(O)ccc3c3ccnc(C(F)(F)F)c32)CC(C)O1. The van der Waals surface area contributed by atoms with Crippen molar-refractivity contribution < 1.29 is 23.0 Å². The average molecular weight is 393 g/mol. The van der Waals surface area contributed by atoms with Gasteiger partial charge in [0.05, 0.1) is 23.2 Å². The molecule has 8 heteroatoms. The minimum absolute atomic E-state index is 0.0201. The molecule has 0 spiro atoms. The fraction of sp³-hybridized carbons (Fsp3) is 0.450. The largest absolute Gasteiger partial charge is 0.508 e. The fourth-order valence-corrected chi connectivity index (χ4v) is 4.18.